The standard InChI is InChI=1S/C7H8BrN7/c8-4-1-10-2-5(9)7(4)11-3-6-12-14-15-13-6/h1-2H,3,9H2,(H,10,11)(H,12,13,14,15). The topological polar surface area (TPSA) is 105 Å². The Balaban J connectivity index is 2.11. The second-order valence-electron chi connectivity index (χ2n) is 2.77. The van der Waals surface area contributed by atoms with Crippen molar-refractivity contribution in [3.63, 3.8) is 0 Å². The molecule has 0 fully saturated rings. The summed E-state index contributed by atoms with van der Waals surface area (Å²) in [7, 11) is 0. The van der Waals surface area contributed by atoms with Crippen LogP contribution in [0.25, 0.3) is 0 Å². The number of halogens is 1. The van der Waals surface area contributed by atoms with E-state index in [-0.39, 0.29) is 0 Å². The lowest BCUT2D eigenvalue weighted by molar-refractivity contribution is 0.881. The van der Waals surface area contributed by atoms with Crippen molar-refractivity contribution in [2.75, 3.05) is 11.1 Å². The summed E-state index contributed by atoms with van der Waals surface area (Å²) in [6.45, 7) is 0.448. The summed E-state index contributed by atoms with van der Waals surface area (Å²) in [6, 6.07) is 0. The van der Waals surface area contributed by atoms with Gasteiger partial charge in [-0.1, -0.05) is 5.21 Å². The number of aromatic amines is 1. The molecule has 4 N–H and O–H groups in total. The molecule has 0 spiro atoms. The molecule has 15 heavy (non-hydrogen) atoms. The third kappa shape index (κ3) is 2.21. The number of nitrogen functional groups attached to an aromatic ring is 1. The Morgan fingerprint density at radius 2 is 2.33 bits per heavy atom. The average Bonchev–Trinajstić information content (AvgIpc) is 2.70. The molecule has 2 aromatic rings. The molecule has 0 unspecified atom stereocenters. The van der Waals surface area contributed by atoms with E-state index in [4.69, 9.17) is 5.73 Å². The monoisotopic (exact) mass is 269 g/mol. The first-order chi connectivity index (χ1) is 7.27. The van der Waals surface area contributed by atoms with Crippen molar-refractivity contribution in [3.8, 4) is 0 Å². The fourth-order valence-electron chi connectivity index (χ4n) is 1.06. The Bertz CT molecular complexity index is 420. The first-order valence-corrected chi connectivity index (χ1v) is 4.92. The van der Waals surface area contributed by atoms with E-state index in [9.17, 15) is 0 Å². The number of tetrazole rings is 1. The number of nitrogens with one attached hydrogen (secondary N) is 2. The van der Waals surface area contributed by atoms with Crippen LogP contribution in [0.4, 0.5) is 11.4 Å². The summed E-state index contributed by atoms with van der Waals surface area (Å²) in [4.78, 5) is 3.93. The van der Waals surface area contributed by atoms with E-state index in [1.54, 1.807) is 12.4 Å². The molecule has 0 aliphatic heterocycles. The Hall–Kier alpha value is -1.70. The highest BCUT2D eigenvalue weighted by Crippen LogP contribution is 2.26. The van der Waals surface area contributed by atoms with Crippen LogP contribution >= 0.6 is 15.9 Å². The molecule has 2 aromatic heterocycles. The van der Waals surface area contributed by atoms with Gasteiger partial charge in [0.05, 0.1) is 28.6 Å². The number of hydrogen-bond donors (Lipinski definition) is 3. The van der Waals surface area contributed by atoms with Gasteiger partial charge in [0.15, 0.2) is 5.82 Å². The number of rotatable bonds is 3. The molecule has 0 saturated heterocycles. The number of hydrogen-bond acceptors (Lipinski definition) is 6. The van der Waals surface area contributed by atoms with E-state index in [2.05, 4.69) is 46.9 Å². The van der Waals surface area contributed by atoms with Crippen LogP contribution in [-0.4, -0.2) is 25.6 Å². The maximum absolute atomic E-state index is 5.74. The number of nitrogens with two attached hydrogens (primary N) is 1. The SMILES string of the molecule is Nc1cncc(Br)c1NCc1nn[nH]n1. The number of pyridine rings is 1. The van der Waals surface area contributed by atoms with Gasteiger partial charge in [0.2, 0.25) is 0 Å². The van der Waals surface area contributed by atoms with Gasteiger partial charge in [-0.25, -0.2) is 0 Å². The largest absolute Gasteiger partial charge is 0.396 e. The summed E-state index contributed by atoms with van der Waals surface area (Å²) < 4.78 is 0.797. The minimum atomic E-state index is 0.448. The van der Waals surface area contributed by atoms with E-state index in [0.717, 1.165) is 10.2 Å². The molecule has 0 radical (unpaired) electrons. The molecule has 0 bridgehead atoms. The van der Waals surface area contributed by atoms with Crippen molar-refractivity contribution in [3.05, 3.63) is 22.7 Å². The highest BCUT2D eigenvalue weighted by Gasteiger charge is 2.05. The molecule has 2 heterocycles. The zero-order valence-corrected chi connectivity index (χ0v) is 9.19. The predicted molar refractivity (Wildman–Crippen MR) is 57.9 cm³/mol. The summed E-state index contributed by atoms with van der Waals surface area (Å²) in [5, 5.41) is 16.5. The molecule has 0 saturated carbocycles. The van der Waals surface area contributed by atoms with Crippen LogP contribution < -0.4 is 11.1 Å². The maximum atomic E-state index is 5.74. The van der Waals surface area contributed by atoms with Crippen molar-refractivity contribution in [1.29, 1.82) is 0 Å². The van der Waals surface area contributed by atoms with Crippen molar-refractivity contribution >= 4 is 27.3 Å². The lowest BCUT2D eigenvalue weighted by Gasteiger charge is -2.08. The van der Waals surface area contributed by atoms with Gasteiger partial charge < -0.3 is 11.1 Å². The van der Waals surface area contributed by atoms with Crippen LogP contribution in [-0.2, 0) is 6.54 Å². The quantitative estimate of drug-likeness (QED) is 0.752. The fraction of sp³-hybridized carbons (Fsp3) is 0.143. The molecule has 0 aliphatic rings. The highest BCUT2D eigenvalue weighted by atomic mass is 79.9. The zero-order chi connectivity index (χ0) is 10.7. The first kappa shape index (κ1) is 9.84. The van der Waals surface area contributed by atoms with Crippen LogP contribution in [0.1, 0.15) is 5.82 Å². The van der Waals surface area contributed by atoms with Gasteiger partial charge in [0.1, 0.15) is 0 Å². The minimum absolute atomic E-state index is 0.448. The molecule has 0 amide bonds. The molecule has 0 aromatic carbocycles. The Kier molecular flexibility index (Phi) is 2.77. The van der Waals surface area contributed by atoms with E-state index in [0.29, 0.717) is 18.1 Å². The molecule has 2 rings (SSSR count). The Morgan fingerprint density at radius 1 is 1.47 bits per heavy atom. The van der Waals surface area contributed by atoms with Crippen LogP contribution in [0.2, 0.25) is 0 Å². The van der Waals surface area contributed by atoms with E-state index < -0.39 is 0 Å². The number of H-pyrrole nitrogens is 1. The van der Waals surface area contributed by atoms with Crippen molar-refractivity contribution in [2.24, 2.45) is 0 Å². The van der Waals surface area contributed by atoms with Crippen molar-refractivity contribution in [1.82, 2.24) is 25.6 Å². The molecule has 0 aliphatic carbocycles. The van der Waals surface area contributed by atoms with Gasteiger partial charge in [0, 0.05) is 6.20 Å². The smallest absolute Gasteiger partial charge is 0.193 e. The van der Waals surface area contributed by atoms with Crippen LogP contribution in [0, 0.1) is 0 Å². The van der Waals surface area contributed by atoms with Gasteiger partial charge in [-0.15, -0.1) is 10.2 Å². The normalized spacial score (nSPS) is 10.2. The predicted octanol–water partition coefficient (Wildman–Crippen LogP) is 0.552. The molecule has 8 heteroatoms. The van der Waals surface area contributed by atoms with Gasteiger partial charge in [0.25, 0.3) is 0 Å². The van der Waals surface area contributed by atoms with Gasteiger partial charge in [-0.2, -0.15) is 5.21 Å². The Morgan fingerprint density at radius 3 is 3.00 bits per heavy atom. The summed E-state index contributed by atoms with van der Waals surface area (Å²) in [5.74, 6) is 0.568. The van der Waals surface area contributed by atoms with Crippen molar-refractivity contribution < 1.29 is 0 Å². The van der Waals surface area contributed by atoms with Gasteiger partial charge >= 0.3 is 0 Å². The number of anilines is 2. The summed E-state index contributed by atoms with van der Waals surface area (Å²) in [6.07, 6.45) is 3.23. The minimum Gasteiger partial charge on any atom is -0.396 e. The van der Waals surface area contributed by atoms with Crippen LogP contribution in [0.15, 0.2) is 16.9 Å². The molecule has 0 atom stereocenters. The second-order valence-corrected chi connectivity index (χ2v) is 3.62. The summed E-state index contributed by atoms with van der Waals surface area (Å²) in [5.41, 5.74) is 7.08. The molecular formula is C7H8BrN7. The second kappa shape index (κ2) is 4.22. The lowest BCUT2D eigenvalue weighted by Crippen LogP contribution is -2.05. The van der Waals surface area contributed by atoms with Crippen molar-refractivity contribution in [2.45, 2.75) is 6.54 Å². The number of nitrogens with zero attached hydrogens (tertiary/aromatic N) is 4. The molecular weight excluding hydrogens is 262 g/mol. The van der Waals surface area contributed by atoms with E-state index in [1.165, 1.54) is 0 Å². The highest BCUT2D eigenvalue weighted by molar-refractivity contribution is 9.10. The maximum Gasteiger partial charge on any atom is 0.193 e. The third-order valence-electron chi connectivity index (χ3n) is 1.74. The molecule has 7 nitrogen and oxygen atoms in total. The zero-order valence-electron chi connectivity index (χ0n) is 7.61. The van der Waals surface area contributed by atoms with E-state index in [1.807, 2.05) is 0 Å². The third-order valence-corrected chi connectivity index (χ3v) is 2.34. The van der Waals surface area contributed by atoms with Crippen LogP contribution in [0.5, 0.6) is 0 Å². The molecule has 78 valence electrons. The fourth-order valence-corrected chi connectivity index (χ4v) is 1.55. The number of aromatic nitrogens is 5. The van der Waals surface area contributed by atoms with Gasteiger partial charge in [-0.3, -0.25) is 4.98 Å². The summed E-state index contributed by atoms with van der Waals surface area (Å²) >= 11 is 3.34. The first-order valence-electron chi connectivity index (χ1n) is 4.12. The van der Waals surface area contributed by atoms with Crippen LogP contribution in [0.3, 0.4) is 0 Å². The Labute approximate surface area is 93.6 Å². The van der Waals surface area contributed by atoms with E-state index >= 15 is 0 Å². The van der Waals surface area contributed by atoms with Gasteiger partial charge in [-0.05, 0) is 15.9 Å². The lowest BCUT2D eigenvalue weighted by atomic mass is 10.3. The average molecular weight is 270 g/mol.